The van der Waals surface area contributed by atoms with Crippen molar-refractivity contribution in [3.63, 3.8) is 0 Å². The number of Topliss-reactive ketones (excluding diaryl/α,β-unsaturated/α-hetero) is 6. The minimum Gasteiger partial charge on any atom is -0.393 e. The number of ketones is 6. The molecule has 0 aliphatic carbocycles. The van der Waals surface area contributed by atoms with E-state index in [0.29, 0.717) is 25.7 Å². The maximum Gasteiger partial charge on any atom is 0.203 e. The van der Waals surface area contributed by atoms with Crippen molar-refractivity contribution in [1.29, 1.82) is 0 Å². The largest absolute Gasteiger partial charge is 0.393 e. The van der Waals surface area contributed by atoms with Crippen LogP contribution in [0.4, 0.5) is 0 Å². The molecule has 380 valence electrons. The fraction of sp³-hybridized carbons (Fsp3) is 0.870. The van der Waals surface area contributed by atoms with Crippen LogP contribution in [0.25, 0.3) is 0 Å². The Morgan fingerprint density at radius 2 is 0.538 bits per heavy atom. The molecule has 0 bridgehead atoms. The molecule has 19 heteroatoms. The smallest absolute Gasteiger partial charge is 0.203 e. The summed E-state index contributed by atoms with van der Waals surface area (Å²) in [5, 5.41) is 126. The van der Waals surface area contributed by atoms with E-state index in [1.807, 2.05) is 0 Å². The Bertz CT molecular complexity index is 1230. The fourth-order valence-corrected chi connectivity index (χ4v) is 8.26. The zero-order valence-corrected chi connectivity index (χ0v) is 38.6. The van der Waals surface area contributed by atoms with E-state index in [1.165, 1.54) is 0 Å². The molecule has 12 N–H and O–H groups in total. The lowest BCUT2D eigenvalue weighted by atomic mass is 9.67. The summed E-state index contributed by atoms with van der Waals surface area (Å²) in [6.07, 6.45) is -3.24. The Morgan fingerprint density at radius 3 is 0.738 bits per heavy atom. The van der Waals surface area contributed by atoms with Crippen molar-refractivity contribution in [1.82, 2.24) is 0 Å². The van der Waals surface area contributed by atoms with Crippen molar-refractivity contribution in [2.45, 2.75) is 203 Å². The lowest BCUT2D eigenvalue weighted by molar-refractivity contribution is -0.222. The maximum atomic E-state index is 14.8. The van der Waals surface area contributed by atoms with Crippen LogP contribution in [0.1, 0.15) is 155 Å². The van der Waals surface area contributed by atoms with E-state index < -0.39 is 147 Å². The highest BCUT2D eigenvalue weighted by Crippen LogP contribution is 2.44. The van der Waals surface area contributed by atoms with Crippen molar-refractivity contribution in [3.05, 3.63) is 0 Å². The minimum absolute atomic E-state index is 0.141. The molecule has 0 saturated heterocycles. The quantitative estimate of drug-likeness (QED) is 0.0280. The summed E-state index contributed by atoms with van der Waals surface area (Å²) < 4.78 is 6.10. The van der Waals surface area contributed by atoms with Gasteiger partial charge in [-0.2, -0.15) is 0 Å². The van der Waals surface area contributed by atoms with E-state index in [9.17, 15) is 90.0 Å². The molecular formula is C46H82O19. The van der Waals surface area contributed by atoms with Gasteiger partial charge >= 0.3 is 0 Å². The average Bonchev–Trinajstić information content (AvgIpc) is 3.32. The monoisotopic (exact) mass is 939 g/mol. The first-order valence-electron chi connectivity index (χ1n) is 23.6. The van der Waals surface area contributed by atoms with E-state index in [1.54, 1.807) is 0 Å². The number of aliphatic hydroxyl groups excluding tert-OH is 12. The molecule has 0 aromatic carbocycles. The molecule has 0 saturated carbocycles. The number of hydrogen-bond acceptors (Lipinski definition) is 19. The van der Waals surface area contributed by atoms with Crippen LogP contribution in [-0.4, -0.2) is 183 Å². The number of carbonyl (C=O) groups is 6. The van der Waals surface area contributed by atoms with Gasteiger partial charge in [0.15, 0.2) is 11.6 Å². The number of ether oxygens (including phenoxy) is 1. The number of unbranched alkanes of at least 4 members (excludes halogenated alkanes) is 18. The van der Waals surface area contributed by atoms with Gasteiger partial charge in [-0.3, -0.25) is 28.8 Å². The molecule has 0 aliphatic rings. The Kier molecular flexibility index (Phi) is 33.4. The minimum atomic E-state index is -4.06. The molecule has 0 heterocycles. The normalized spacial score (nSPS) is 17.4. The van der Waals surface area contributed by atoms with Crippen molar-refractivity contribution in [2.24, 2.45) is 11.8 Å². The second-order valence-electron chi connectivity index (χ2n) is 17.1. The summed E-state index contributed by atoms with van der Waals surface area (Å²) >= 11 is 0. The molecule has 0 amide bonds. The zero-order valence-electron chi connectivity index (χ0n) is 38.6. The van der Waals surface area contributed by atoms with Crippen LogP contribution < -0.4 is 0 Å². The van der Waals surface area contributed by atoms with Gasteiger partial charge in [0.05, 0.1) is 51.5 Å². The van der Waals surface area contributed by atoms with Crippen molar-refractivity contribution in [3.8, 4) is 0 Å². The summed E-state index contributed by atoms with van der Waals surface area (Å²) in [4.78, 5) is 87.6. The van der Waals surface area contributed by atoms with Crippen LogP contribution in [0.2, 0.25) is 0 Å². The fourth-order valence-electron chi connectivity index (χ4n) is 8.26. The van der Waals surface area contributed by atoms with Crippen LogP contribution in [0, 0.1) is 11.8 Å². The van der Waals surface area contributed by atoms with Crippen molar-refractivity contribution >= 4 is 34.7 Å². The number of carbonyl (C=O) groups excluding carboxylic acids is 6. The second kappa shape index (κ2) is 34.7. The third-order valence-corrected chi connectivity index (χ3v) is 12.1. The lowest BCUT2D eigenvalue weighted by Crippen LogP contribution is -2.74. The number of rotatable bonds is 44. The van der Waals surface area contributed by atoms with E-state index in [4.69, 9.17) is 4.74 Å². The molecule has 65 heavy (non-hydrogen) atoms. The van der Waals surface area contributed by atoms with Crippen LogP contribution in [0.15, 0.2) is 0 Å². The van der Waals surface area contributed by atoms with Crippen LogP contribution in [0.5, 0.6) is 0 Å². The van der Waals surface area contributed by atoms with Gasteiger partial charge in [0.1, 0.15) is 36.6 Å². The Hall–Kier alpha value is -2.50. The van der Waals surface area contributed by atoms with Gasteiger partial charge in [-0.05, 0) is 12.8 Å². The predicted molar refractivity (Wildman–Crippen MR) is 235 cm³/mol. The molecule has 0 aromatic rings. The van der Waals surface area contributed by atoms with E-state index in [0.717, 1.165) is 77.0 Å². The molecule has 0 rings (SSSR count). The summed E-state index contributed by atoms with van der Waals surface area (Å²) in [6, 6.07) is 0. The SMILES string of the molecule is CCCCCCCCCCCCC(C(=O)C(O)CO)C(OC(C(=O)C(O)CO)(C(=O)C(O)CO)C(CCCCCCCCCCCC)C(=O)C(O)CO)(C(=O)C(O)CO)C(=O)C(O)CO. The highest BCUT2D eigenvalue weighted by atomic mass is 16.6. The molecule has 8 unspecified atom stereocenters. The third-order valence-electron chi connectivity index (χ3n) is 12.1. The third kappa shape index (κ3) is 18.8. The Morgan fingerprint density at radius 1 is 0.338 bits per heavy atom. The van der Waals surface area contributed by atoms with E-state index >= 15 is 0 Å². The second-order valence-corrected chi connectivity index (χ2v) is 17.1. The van der Waals surface area contributed by atoms with Gasteiger partial charge < -0.3 is 66.0 Å². The number of hydrogen-bond donors (Lipinski definition) is 12. The maximum absolute atomic E-state index is 14.8. The molecule has 0 radical (unpaired) electrons. The summed E-state index contributed by atoms with van der Waals surface area (Å²) in [5.74, 6) is -16.8. The van der Waals surface area contributed by atoms with Crippen LogP contribution in [-0.2, 0) is 33.5 Å². The highest BCUT2D eigenvalue weighted by molar-refractivity contribution is 6.21. The lowest BCUT2D eigenvalue weighted by Gasteiger charge is -2.48. The highest BCUT2D eigenvalue weighted by Gasteiger charge is 2.68. The number of aliphatic hydroxyl groups is 12. The van der Waals surface area contributed by atoms with Gasteiger partial charge in [-0.15, -0.1) is 0 Å². The summed E-state index contributed by atoms with van der Waals surface area (Å²) in [7, 11) is 0. The van der Waals surface area contributed by atoms with Crippen molar-refractivity contribution < 1.29 is 94.8 Å². The molecule has 19 nitrogen and oxygen atoms in total. The first-order chi connectivity index (χ1) is 31.0. The van der Waals surface area contributed by atoms with Gasteiger partial charge in [-0.1, -0.05) is 142 Å². The molecular weight excluding hydrogens is 856 g/mol. The molecule has 8 atom stereocenters. The van der Waals surface area contributed by atoms with Gasteiger partial charge in [-0.25, -0.2) is 0 Å². The van der Waals surface area contributed by atoms with Gasteiger partial charge in [0.25, 0.3) is 0 Å². The van der Waals surface area contributed by atoms with Crippen LogP contribution in [0.3, 0.4) is 0 Å². The van der Waals surface area contributed by atoms with Gasteiger partial charge in [0.2, 0.25) is 34.3 Å². The molecule has 0 fully saturated rings. The van der Waals surface area contributed by atoms with Gasteiger partial charge in [0, 0.05) is 0 Å². The van der Waals surface area contributed by atoms with E-state index in [-0.39, 0.29) is 25.7 Å². The zero-order chi connectivity index (χ0) is 49.6. The molecule has 0 aromatic heterocycles. The van der Waals surface area contributed by atoms with Crippen LogP contribution >= 0.6 is 0 Å². The average molecular weight is 939 g/mol. The Labute approximate surface area is 383 Å². The van der Waals surface area contributed by atoms with Crippen molar-refractivity contribution in [2.75, 3.05) is 39.6 Å². The first-order valence-corrected chi connectivity index (χ1v) is 23.6. The Balaban J connectivity index is 8.28. The topological polar surface area (TPSA) is 354 Å². The first kappa shape index (κ1) is 62.5. The summed E-state index contributed by atoms with van der Waals surface area (Å²) in [5.41, 5.74) is -8.13. The predicted octanol–water partition coefficient (Wildman–Crippen LogP) is -0.131. The molecule has 0 aliphatic heterocycles. The van der Waals surface area contributed by atoms with E-state index in [2.05, 4.69) is 13.8 Å². The summed E-state index contributed by atoms with van der Waals surface area (Å²) in [6.45, 7) is -4.91. The molecule has 0 spiro atoms. The standard InChI is InChI=1S/C46H82O19/c1-3-5-7-9-11-13-15-17-19-21-23-31(39(59)33(53)25-47)45(41(61)35(55)27-49,42(62)36(56)28-50)65-46(43(63)37(57)29-51,44(64)38(58)30-52)32(40(60)34(54)26-48)24-22-20-18-16-14-12-10-8-6-4-2/h31-38,47-58H,3-30H2,1-2H3.